The van der Waals surface area contributed by atoms with Gasteiger partial charge in [-0.05, 0) is 6.92 Å². The highest BCUT2D eigenvalue weighted by Gasteiger charge is 2.20. The van der Waals surface area contributed by atoms with Crippen molar-refractivity contribution in [2.45, 2.75) is 13.3 Å². The predicted octanol–water partition coefficient (Wildman–Crippen LogP) is 2.62. The maximum Gasteiger partial charge on any atom is 0.306 e. The molecule has 0 bridgehead atoms. The number of ether oxygens (including phenoxy) is 1. The van der Waals surface area contributed by atoms with Crippen molar-refractivity contribution in [3.63, 3.8) is 0 Å². The summed E-state index contributed by atoms with van der Waals surface area (Å²) < 4.78 is 4.82. The molecule has 0 saturated heterocycles. The first-order valence-corrected chi connectivity index (χ1v) is 5.56. The van der Waals surface area contributed by atoms with Crippen LogP contribution in [0.25, 0.3) is 0 Å². The molecule has 3 nitrogen and oxygen atoms in total. The molecule has 0 saturated carbocycles. The Bertz CT molecular complexity index is 395. The molecule has 0 heterocycles. The monoisotopic (exact) mass is 232 g/mol. The van der Waals surface area contributed by atoms with E-state index in [4.69, 9.17) is 4.74 Å². The van der Waals surface area contributed by atoms with Gasteiger partial charge in [0.25, 0.3) is 0 Å². The number of carbonyl (C=O) groups is 2. The van der Waals surface area contributed by atoms with Crippen LogP contribution in [-0.4, -0.2) is 18.4 Å². The zero-order chi connectivity index (χ0) is 12.7. The van der Waals surface area contributed by atoms with Gasteiger partial charge in [-0.2, -0.15) is 0 Å². The van der Waals surface area contributed by atoms with E-state index < -0.39 is 5.92 Å². The van der Waals surface area contributed by atoms with Crippen LogP contribution in [0.2, 0.25) is 0 Å². The Hall–Kier alpha value is -1.90. The molecule has 0 aliphatic rings. The first kappa shape index (κ1) is 13.2. The van der Waals surface area contributed by atoms with E-state index in [1.807, 2.05) is 6.07 Å². The van der Waals surface area contributed by atoms with Crippen molar-refractivity contribution in [2.75, 3.05) is 6.61 Å². The third-order valence-corrected chi connectivity index (χ3v) is 2.37. The minimum Gasteiger partial charge on any atom is -0.466 e. The molecule has 1 rings (SSSR count). The van der Waals surface area contributed by atoms with E-state index in [2.05, 4.69) is 6.58 Å². The average molecular weight is 232 g/mol. The van der Waals surface area contributed by atoms with Gasteiger partial charge in [0.2, 0.25) is 0 Å². The highest BCUT2D eigenvalue weighted by atomic mass is 16.5. The van der Waals surface area contributed by atoms with E-state index in [-0.39, 0.29) is 18.2 Å². The minimum absolute atomic E-state index is 0.0467. The van der Waals surface area contributed by atoms with Gasteiger partial charge in [0, 0.05) is 5.56 Å². The van der Waals surface area contributed by atoms with E-state index >= 15 is 0 Å². The Morgan fingerprint density at radius 1 is 1.35 bits per heavy atom. The van der Waals surface area contributed by atoms with E-state index in [9.17, 15) is 9.59 Å². The van der Waals surface area contributed by atoms with Crippen LogP contribution in [0.1, 0.15) is 23.7 Å². The van der Waals surface area contributed by atoms with Crippen LogP contribution >= 0.6 is 0 Å². The molecule has 0 fully saturated rings. The van der Waals surface area contributed by atoms with Gasteiger partial charge in [-0.1, -0.05) is 36.4 Å². The second-order valence-corrected chi connectivity index (χ2v) is 3.58. The number of rotatable bonds is 6. The third kappa shape index (κ3) is 3.87. The summed E-state index contributed by atoms with van der Waals surface area (Å²) in [6.45, 7) is 5.65. The number of hydrogen-bond donors (Lipinski definition) is 0. The first-order chi connectivity index (χ1) is 8.19. The second kappa shape index (κ2) is 6.63. The Morgan fingerprint density at radius 2 is 2.00 bits per heavy atom. The van der Waals surface area contributed by atoms with Crippen LogP contribution in [0.5, 0.6) is 0 Å². The minimum atomic E-state index is -0.517. The Labute approximate surface area is 101 Å². The van der Waals surface area contributed by atoms with Crippen molar-refractivity contribution in [3.05, 3.63) is 48.6 Å². The smallest absolute Gasteiger partial charge is 0.306 e. The molecule has 0 N–H and O–H groups in total. The van der Waals surface area contributed by atoms with Crippen LogP contribution in [0.15, 0.2) is 43.0 Å². The van der Waals surface area contributed by atoms with Gasteiger partial charge in [-0.25, -0.2) is 0 Å². The van der Waals surface area contributed by atoms with Gasteiger partial charge in [-0.15, -0.1) is 6.58 Å². The molecule has 0 aromatic heterocycles. The summed E-state index contributed by atoms with van der Waals surface area (Å²) >= 11 is 0. The second-order valence-electron chi connectivity index (χ2n) is 3.58. The molecule has 1 aromatic rings. The quantitative estimate of drug-likeness (QED) is 0.430. The number of Topliss-reactive ketones (excluding diaryl/α,β-unsaturated/α-hetero) is 1. The van der Waals surface area contributed by atoms with Crippen LogP contribution in [0, 0.1) is 5.92 Å². The van der Waals surface area contributed by atoms with Crippen LogP contribution in [0.3, 0.4) is 0 Å². The van der Waals surface area contributed by atoms with E-state index in [1.54, 1.807) is 31.2 Å². The normalized spacial score (nSPS) is 11.6. The molecular formula is C14H16O3. The number of hydrogen-bond acceptors (Lipinski definition) is 3. The molecule has 0 spiro atoms. The SMILES string of the molecule is C=CC(CC(=O)OCC)C(=O)c1ccccc1. The largest absolute Gasteiger partial charge is 0.466 e. The Kier molecular flexibility index (Phi) is 5.14. The van der Waals surface area contributed by atoms with Gasteiger partial charge in [0.15, 0.2) is 5.78 Å². The highest BCUT2D eigenvalue weighted by Crippen LogP contribution is 2.14. The van der Waals surface area contributed by atoms with Gasteiger partial charge >= 0.3 is 5.97 Å². The topological polar surface area (TPSA) is 43.4 Å². The van der Waals surface area contributed by atoms with Crippen molar-refractivity contribution in [2.24, 2.45) is 5.92 Å². The molecule has 3 heteroatoms. The van der Waals surface area contributed by atoms with Crippen molar-refractivity contribution in [1.82, 2.24) is 0 Å². The number of benzene rings is 1. The number of carbonyl (C=O) groups excluding carboxylic acids is 2. The molecule has 90 valence electrons. The fourth-order valence-electron chi connectivity index (χ4n) is 1.50. The Balaban J connectivity index is 2.71. The molecular weight excluding hydrogens is 216 g/mol. The summed E-state index contributed by atoms with van der Waals surface area (Å²) in [6, 6.07) is 8.87. The van der Waals surface area contributed by atoms with E-state index in [0.29, 0.717) is 12.2 Å². The maximum atomic E-state index is 12.0. The lowest BCUT2D eigenvalue weighted by atomic mass is 9.95. The lowest BCUT2D eigenvalue weighted by Gasteiger charge is -2.10. The number of allylic oxidation sites excluding steroid dienone is 1. The molecule has 0 aliphatic heterocycles. The molecule has 17 heavy (non-hydrogen) atoms. The summed E-state index contributed by atoms with van der Waals surface area (Å²) in [5, 5.41) is 0. The summed E-state index contributed by atoms with van der Waals surface area (Å²) in [5.41, 5.74) is 0.585. The van der Waals surface area contributed by atoms with Gasteiger partial charge in [0.05, 0.1) is 18.9 Å². The van der Waals surface area contributed by atoms with Crippen molar-refractivity contribution < 1.29 is 14.3 Å². The molecule has 1 atom stereocenters. The van der Waals surface area contributed by atoms with Gasteiger partial charge in [0.1, 0.15) is 0 Å². The fourth-order valence-corrected chi connectivity index (χ4v) is 1.50. The lowest BCUT2D eigenvalue weighted by molar-refractivity contribution is -0.143. The summed E-state index contributed by atoms with van der Waals surface area (Å²) in [6.07, 6.45) is 1.54. The zero-order valence-electron chi connectivity index (χ0n) is 9.89. The van der Waals surface area contributed by atoms with Crippen LogP contribution < -0.4 is 0 Å². The van der Waals surface area contributed by atoms with Crippen LogP contribution in [0.4, 0.5) is 0 Å². The standard InChI is InChI=1S/C14H16O3/c1-3-11(10-13(15)17-4-2)14(16)12-8-6-5-7-9-12/h3,5-9,11H,1,4,10H2,2H3. The summed E-state index contributed by atoms with van der Waals surface area (Å²) in [7, 11) is 0. The number of ketones is 1. The van der Waals surface area contributed by atoms with E-state index in [0.717, 1.165) is 0 Å². The third-order valence-electron chi connectivity index (χ3n) is 2.37. The molecule has 0 amide bonds. The summed E-state index contributed by atoms with van der Waals surface area (Å²) in [4.78, 5) is 23.4. The highest BCUT2D eigenvalue weighted by molar-refractivity contribution is 6.00. The van der Waals surface area contributed by atoms with Gasteiger partial charge < -0.3 is 4.74 Å². The van der Waals surface area contributed by atoms with Gasteiger partial charge in [-0.3, -0.25) is 9.59 Å². The predicted molar refractivity (Wildman–Crippen MR) is 65.7 cm³/mol. The summed E-state index contributed by atoms with van der Waals surface area (Å²) in [5.74, 6) is -0.994. The average Bonchev–Trinajstić information content (AvgIpc) is 2.36. The first-order valence-electron chi connectivity index (χ1n) is 5.56. The Morgan fingerprint density at radius 3 is 2.53 bits per heavy atom. The maximum absolute atomic E-state index is 12.0. The van der Waals surface area contributed by atoms with Crippen molar-refractivity contribution >= 4 is 11.8 Å². The van der Waals surface area contributed by atoms with E-state index in [1.165, 1.54) is 6.08 Å². The fraction of sp³-hybridized carbons (Fsp3) is 0.286. The van der Waals surface area contributed by atoms with Crippen molar-refractivity contribution in [1.29, 1.82) is 0 Å². The lowest BCUT2D eigenvalue weighted by Crippen LogP contribution is -2.18. The zero-order valence-corrected chi connectivity index (χ0v) is 9.89. The molecule has 0 radical (unpaired) electrons. The molecule has 1 aromatic carbocycles. The number of esters is 1. The molecule has 1 unspecified atom stereocenters. The molecule has 0 aliphatic carbocycles. The van der Waals surface area contributed by atoms with Crippen molar-refractivity contribution in [3.8, 4) is 0 Å². The van der Waals surface area contributed by atoms with Crippen LogP contribution in [-0.2, 0) is 9.53 Å².